The van der Waals surface area contributed by atoms with Crippen LogP contribution in [0.25, 0.3) is 0 Å². The van der Waals surface area contributed by atoms with Gasteiger partial charge >= 0.3 is 6.18 Å². The van der Waals surface area contributed by atoms with Crippen LogP contribution in [-0.2, 0) is 4.79 Å². The zero-order valence-electron chi connectivity index (χ0n) is 6.18. The molecule has 0 aliphatic rings. The molecule has 12 heavy (non-hydrogen) atoms. The maximum atomic E-state index is 11.9. The van der Waals surface area contributed by atoms with E-state index in [1.807, 2.05) is 0 Å². The third-order valence-electron chi connectivity index (χ3n) is 1.54. The number of hydrogen-bond acceptors (Lipinski definition) is 3. The Labute approximate surface area is 65.8 Å². The summed E-state index contributed by atoms with van der Waals surface area (Å²) in [6.45, 7) is 0.334. The number of carbonyl (C=O) groups excluding carboxylic acids is 1. The molecule has 4 N–H and O–H groups in total. The average Bonchev–Trinajstić information content (AvgIpc) is 1.83. The van der Waals surface area contributed by atoms with Gasteiger partial charge in [-0.05, 0) is 6.92 Å². The Hall–Kier alpha value is -0.820. The highest BCUT2D eigenvalue weighted by Gasteiger charge is 2.56. The fourth-order valence-corrected chi connectivity index (χ4v) is 0.427. The summed E-state index contributed by atoms with van der Waals surface area (Å²) in [7, 11) is 0. The van der Waals surface area contributed by atoms with Gasteiger partial charge in [-0.1, -0.05) is 0 Å². The molecule has 0 bridgehead atoms. The van der Waals surface area contributed by atoms with Gasteiger partial charge < -0.3 is 20.7 Å². The van der Waals surface area contributed by atoms with Crippen molar-refractivity contribution in [2.24, 2.45) is 0 Å². The van der Waals surface area contributed by atoms with Crippen molar-refractivity contribution in [3.8, 4) is 0 Å². The molecule has 0 saturated heterocycles. The standard InChI is InChI=1S/C5H8F3NO3/c1-4(12,5(6,7)8)2(9)3(10)11/h2,12H,9H2,1H3,(H,10,11)/t2-,4+/m1/s1. The predicted octanol–water partition coefficient (Wildman–Crippen LogP) is -2.34. The van der Waals surface area contributed by atoms with E-state index in [4.69, 9.17) is 5.11 Å². The number of aliphatic hydroxyl groups is 1. The normalized spacial score (nSPS) is 19.8. The molecule has 0 heterocycles. The number of quaternary nitrogens is 1. The number of carboxylic acid groups (broad SMARTS) is 1. The molecule has 7 heteroatoms. The van der Waals surface area contributed by atoms with Gasteiger partial charge in [-0.25, -0.2) is 0 Å². The SMILES string of the molecule is C[C@](O)([C@H]([NH3+])C(=O)[O-])C(F)(F)F. The molecule has 0 radical (unpaired) electrons. The molecule has 0 aliphatic carbocycles. The van der Waals surface area contributed by atoms with Crippen LogP contribution < -0.4 is 10.8 Å². The van der Waals surface area contributed by atoms with Gasteiger partial charge in [0.05, 0.1) is 0 Å². The second-order valence-electron chi connectivity index (χ2n) is 2.52. The zero-order chi connectivity index (χ0) is 10.2. The van der Waals surface area contributed by atoms with Gasteiger partial charge in [-0.15, -0.1) is 0 Å². The lowest BCUT2D eigenvalue weighted by Gasteiger charge is -2.29. The van der Waals surface area contributed by atoms with Crippen LogP contribution in [0.2, 0.25) is 0 Å². The minimum absolute atomic E-state index is 0.334. The maximum Gasteiger partial charge on any atom is 0.423 e. The van der Waals surface area contributed by atoms with Crippen LogP contribution in [0.3, 0.4) is 0 Å². The molecular formula is C5H8F3NO3. The van der Waals surface area contributed by atoms with E-state index in [2.05, 4.69) is 5.73 Å². The van der Waals surface area contributed by atoms with E-state index in [0.29, 0.717) is 6.92 Å². The first-order valence-electron chi connectivity index (χ1n) is 2.93. The number of halogens is 3. The lowest BCUT2D eigenvalue weighted by molar-refractivity contribution is -0.484. The van der Waals surface area contributed by atoms with E-state index in [1.165, 1.54) is 0 Å². The van der Waals surface area contributed by atoms with Crippen molar-refractivity contribution in [3.63, 3.8) is 0 Å². The van der Waals surface area contributed by atoms with Gasteiger partial charge in [0.25, 0.3) is 0 Å². The van der Waals surface area contributed by atoms with Crippen LogP contribution in [0.5, 0.6) is 0 Å². The quantitative estimate of drug-likeness (QED) is 0.507. The molecule has 0 aromatic heterocycles. The smallest absolute Gasteiger partial charge is 0.423 e. The van der Waals surface area contributed by atoms with Gasteiger partial charge in [0.2, 0.25) is 5.60 Å². The largest absolute Gasteiger partial charge is 0.544 e. The van der Waals surface area contributed by atoms with Crippen molar-refractivity contribution >= 4 is 5.97 Å². The first-order chi connectivity index (χ1) is 5.10. The third kappa shape index (κ3) is 1.86. The van der Waals surface area contributed by atoms with Crippen LogP contribution in [0.1, 0.15) is 6.92 Å². The fraction of sp³-hybridized carbons (Fsp3) is 0.800. The monoisotopic (exact) mass is 187 g/mol. The Morgan fingerprint density at radius 3 is 2.00 bits per heavy atom. The summed E-state index contributed by atoms with van der Waals surface area (Å²) in [6, 6.07) is -2.24. The van der Waals surface area contributed by atoms with E-state index in [-0.39, 0.29) is 0 Å². The van der Waals surface area contributed by atoms with Crippen LogP contribution in [-0.4, -0.2) is 28.9 Å². The Morgan fingerprint density at radius 2 is 1.92 bits per heavy atom. The summed E-state index contributed by atoms with van der Waals surface area (Å²) in [4.78, 5) is 9.96. The summed E-state index contributed by atoms with van der Waals surface area (Å²) in [5.74, 6) is -2.04. The number of carboxylic acids is 1. The van der Waals surface area contributed by atoms with Gasteiger partial charge in [0, 0.05) is 0 Å². The summed E-state index contributed by atoms with van der Waals surface area (Å²) < 4.78 is 35.6. The average molecular weight is 187 g/mol. The molecule has 0 amide bonds. The number of hydrogen-bond donors (Lipinski definition) is 2. The molecule has 0 aliphatic heterocycles. The molecule has 0 unspecified atom stereocenters. The van der Waals surface area contributed by atoms with Gasteiger partial charge in [0.15, 0.2) is 6.04 Å². The highest BCUT2D eigenvalue weighted by molar-refractivity contribution is 5.71. The summed E-state index contributed by atoms with van der Waals surface area (Å²) >= 11 is 0. The van der Waals surface area contributed by atoms with Gasteiger partial charge in [-0.3, -0.25) is 0 Å². The van der Waals surface area contributed by atoms with Gasteiger partial charge in [0.1, 0.15) is 5.97 Å². The summed E-state index contributed by atoms with van der Waals surface area (Å²) in [5, 5.41) is 18.6. The lowest BCUT2D eigenvalue weighted by Crippen LogP contribution is -2.79. The van der Waals surface area contributed by atoms with E-state index >= 15 is 0 Å². The second-order valence-corrected chi connectivity index (χ2v) is 2.52. The molecule has 72 valence electrons. The van der Waals surface area contributed by atoms with Crippen molar-refractivity contribution in [3.05, 3.63) is 0 Å². The molecule has 4 nitrogen and oxygen atoms in total. The highest BCUT2D eigenvalue weighted by Crippen LogP contribution is 2.31. The van der Waals surface area contributed by atoms with Crippen molar-refractivity contribution in [2.45, 2.75) is 24.7 Å². The Balaban J connectivity index is 4.73. The molecular weight excluding hydrogens is 179 g/mol. The molecule has 0 spiro atoms. The van der Waals surface area contributed by atoms with Crippen LogP contribution in [0.15, 0.2) is 0 Å². The van der Waals surface area contributed by atoms with E-state index in [1.54, 1.807) is 0 Å². The zero-order valence-corrected chi connectivity index (χ0v) is 6.18. The number of rotatable bonds is 2. The Kier molecular flexibility index (Phi) is 2.71. The summed E-state index contributed by atoms with van der Waals surface area (Å²) in [6.07, 6.45) is -5.03. The first-order valence-corrected chi connectivity index (χ1v) is 2.93. The van der Waals surface area contributed by atoms with Crippen LogP contribution in [0.4, 0.5) is 13.2 Å². The maximum absolute atomic E-state index is 11.9. The molecule has 0 fully saturated rings. The minimum Gasteiger partial charge on any atom is -0.544 e. The van der Waals surface area contributed by atoms with Crippen molar-refractivity contribution < 1.29 is 33.9 Å². The number of carbonyl (C=O) groups is 1. The molecule has 0 saturated carbocycles. The topological polar surface area (TPSA) is 88.0 Å². The second kappa shape index (κ2) is 2.91. The Morgan fingerprint density at radius 1 is 1.58 bits per heavy atom. The minimum atomic E-state index is -5.03. The van der Waals surface area contributed by atoms with E-state index < -0.39 is 23.8 Å². The van der Waals surface area contributed by atoms with Crippen molar-refractivity contribution in [1.82, 2.24) is 0 Å². The molecule has 0 rings (SSSR count). The Bertz CT molecular complexity index is 189. The number of aliphatic carboxylic acids is 1. The van der Waals surface area contributed by atoms with Crippen LogP contribution >= 0.6 is 0 Å². The van der Waals surface area contributed by atoms with Crippen LogP contribution in [0, 0.1) is 0 Å². The highest BCUT2D eigenvalue weighted by atomic mass is 19.4. The van der Waals surface area contributed by atoms with E-state index in [0.717, 1.165) is 0 Å². The van der Waals surface area contributed by atoms with Crippen molar-refractivity contribution in [1.29, 1.82) is 0 Å². The number of alkyl halides is 3. The lowest BCUT2D eigenvalue weighted by atomic mass is 9.97. The molecule has 0 aromatic rings. The van der Waals surface area contributed by atoms with E-state index in [9.17, 15) is 23.1 Å². The van der Waals surface area contributed by atoms with Gasteiger partial charge in [-0.2, -0.15) is 13.2 Å². The predicted molar refractivity (Wildman–Crippen MR) is 28.4 cm³/mol. The molecule has 0 aromatic carbocycles. The summed E-state index contributed by atoms with van der Waals surface area (Å²) in [5.41, 5.74) is -0.712. The fourth-order valence-electron chi connectivity index (χ4n) is 0.427. The third-order valence-corrected chi connectivity index (χ3v) is 1.54. The first kappa shape index (κ1) is 11.2. The van der Waals surface area contributed by atoms with Crippen molar-refractivity contribution in [2.75, 3.05) is 0 Å². The molecule has 2 atom stereocenters.